The standard InChI is InChI=1S/C14H21NO2/c1-3-16-12-8-7-11(9-13(12)17-4-2)14(15)10-5-6-10/h7-10,14H,3-6,15H2,1-2H3. The van der Waals surface area contributed by atoms with Crippen LogP contribution < -0.4 is 15.2 Å². The van der Waals surface area contributed by atoms with Crippen LogP contribution in [0, 0.1) is 5.92 Å². The molecule has 2 N–H and O–H groups in total. The van der Waals surface area contributed by atoms with Gasteiger partial charge in [-0.3, -0.25) is 0 Å². The zero-order valence-electron chi connectivity index (χ0n) is 10.6. The summed E-state index contributed by atoms with van der Waals surface area (Å²) in [6, 6.07) is 6.19. The van der Waals surface area contributed by atoms with E-state index in [2.05, 4.69) is 6.07 Å². The maximum atomic E-state index is 6.19. The summed E-state index contributed by atoms with van der Waals surface area (Å²) in [5, 5.41) is 0. The third-order valence-electron chi connectivity index (χ3n) is 3.08. The Morgan fingerprint density at radius 1 is 1.18 bits per heavy atom. The predicted molar refractivity (Wildman–Crippen MR) is 68.4 cm³/mol. The highest BCUT2D eigenvalue weighted by Gasteiger charge is 2.29. The van der Waals surface area contributed by atoms with E-state index < -0.39 is 0 Å². The first-order valence-electron chi connectivity index (χ1n) is 6.41. The van der Waals surface area contributed by atoms with Crippen molar-refractivity contribution in [3.63, 3.8) is 0 Å². The number of nitrogens with two attached hydrogens (primary N) is 1. The molecule has 1 atom stereocenters. The largest absolute Gasteiger partial charge is 0.490 e. The van der Waals surface area contributed by atoms with Crippen LogP contribution in [-0.2, 0) is 0 Å². The number of rotatable bonds is 6. The fraction of sp³-hybridized carbons (Fsp3) is 0.571. The number of hydrogen-bond acceptors (Lipinski definition) is 3. The van der Waals surface area contributed by atoms with Gasteiger partial charge < -0.3 is 15.2 Å². The summed E-state index contributed by atoms with van der Waals surface area (Å²) in [4.78, 5) is 0. The van der Waals surface area contributed by atoms with Crippen LogP contribution >= 0.6 is 0 Å². The monoisotopic (exact) mass is 235 g/mol. The minimum Gasteiger partial charge on any atom is -0.490 e. The average Bonchev–Trinajstić information content (AvgIpc) is 3.15. The molecule has 1 unspecified atom stereocenters. The Balaban J connectivity index is 2.20. The highest BCUT2D eigenvalue weighted by atomic mass is 16.5. The Labute approximate surface area is 103 Å². The Morgan fingerprint density at radius 3 is 2.41 bits per heavy atom. The molecule has 17 heavy (non-hydrogen) atoms. The molecule has 94 valence electrons. The maximum Gasteiger partial charge on any atom is 0.161 e. The SMILES string of the molecule is CCOc1ccc(C(N)C2CC2)cc1OCC. The molecule has 0 heterocycles. The van der Waals surface area contributed by atoms with Crippen molar-refractivity contribution in [2.24, 2.45) is 11.7 Å². The van der Waals surface area contributed by atoms with E-state index in [1.807, 2.05) is 26.0 Å². The molecular weight excluding hydrogens is 214 g/mol. The second-order valence-corrected chi connectivity index (χ2v) is 4.44. The van der Waals surface area contributed by atoms with Crippen LogP contribution in [0.15, 0.2) is 18.2 Å². The minimum atomic E-state index is 0.143. The first kappa shape index (κ1) is 12.2. The molecule has 2 rings (SSSR count). The number of hydrogen-bond donors (Lipinski definition) is 1. The maximum absolute atomic E-state index is 6.19. The van der Waals surface area contributed by atoms with Gasteiger partial charge in [0.05, 0.1) is 13.2 Å². The van der Waals surface area contributed by atoms with Gasteiger partial charge in [-0.1, -0.05) is 6.07 Å². The zero-order chi connectivity index (χ0) is 12.3. The second kappa shape index (κ2) is 5.41. The van der Waals surface area contributed by atoms with Crippen molar-refractivity contribution in [2.75, 3.05) is 13.2 Å². The van der Waals surface area contributed by atoms with Crippen molar-refractivity contribution in [3.8, 4) is 11.5 Å². The molecule has 1 fully saturated rings. The van der Waals surface area contributed by atoms with E-state index >= 15 is 0 Å². The van der Waals surface area contributed by atoms with Gasteiger partial charge in [-0.05, 0) is 50.3 Å². The van der Waals surface area contributed by atoms with Crippen molar-refractivity contribution in [3.05, 3.63) is 23.8 Å². The van der Waals surface area contributed by atoms with Gasteiger partial charge in [0.2, 0.25) is 0 Å². The van der Waals surface area contributed by atoms with Crippen molar-refractivity contribution < 1.29 is 9.47 Å². The van der Waals surface area contributed by atoms with Crippen molar-refractivity contribution >= 4 is 0 Å². The molecule has 0 amide bonds. The van der Waals surface area contributed by atoms with Gasteiger partial charge in [0.25, 0.3) is 0 Å². The lowest BCUT2D eigenvalue weighted by atomic mass is 10.0. The van der Waals surface area contributed by atoms with Gasteiger partial charge in [0.1, 0.15) is 0 Å². The van der Waals surface area contributed by atoms with E-state index in [0.717, 1.165) is 17.1 Å². The van der Waals surface area contributed by atoms with Crippen molar-refractivity contribution in [1.82, 2.24) is 0 Å². The van der Waals surface area contributed by atoms with Crippen molar-refractivity contribution in [2.45, 2.75) is 32.7 Å². The Bertz CT molecular complexity index is 374. The molecule has 0 spiro atoms. The summed E-state index contributed by atoms with van der Waals surface area (Å²) in [5.41, 5.74) is 7.35. The highest BCUT2D eigenvalue weighted by Crippen LogP contribution is 2.41. The summed E-state index contributed by atoms with van der Waals surface area (Å²) in [5.74, 6) is 2.27. The fourth-order valence-electron chi connectivity index (χ4n) is 2.00. The van der Waals surface area contributed by atoms with Crippen LogP contribution in [0.1, 0.15) is 38.3 Å². The third-order valence-corrected chi connectivity index (χ3v) is 3.08. The minimum absolute atomic E-state index is 0.143. The molecule has 3 heteroatoms. The molecule has 1 saturated carbocycles. The van der Waals surface area contributed by atoms with E-state index in [1.165, 1.54) is 12.8 Å². The van der Waals surface area contributed by atoms with Gasteiger partial charge in [-0.25, -0.2) is 0 Å². The summed E-state index contributed by atoms with van der Waals surface area (Å²) in [6.45, 7) is 5.24. The van der Waals surface area contributed by atoms with Gasteiger partial charge in [0, 0.05) is 6.04 Å². The normalized spacial score (nSPS) is 16.6. The molecule has 0 radical (unpaired) electrons. The van der Waals surface area contributed by atoms with Crippen LogP contribution in [0.2, 0.25) is 0 Å². The van der Waals surface area contributed by atoms with Gasteiger partial charge in [0.15, 0.2) is 11.5 Å². The lowest BCUT2D eigenvalue weighted by Gasteiger charge is -2.15. The first-order valence-corrected chi connectivity index (χ1v) is 6.41. The van der Waals surface area contributed by atoms with Gasteiger partial charge in [-0.2, -0.15) is 0 Å². The van der Waals surface area contributed by atoms with E-state index in [0.29, 0.717) is 19.1 Å². The molecule has 1 aliphatic carbocycles. The fourth-order valence-corrected chi connectivity index (χ4v) is 2.00. The molecule has 1 aromatic carbocycles. The van der Waals surface area contributed by atoms with E-state index in [4.69, 9.17) is 15.2 Å². The Hall–Kier alpha value is -1.22. The zero-order valence-corrected chi connectivity index (χ0v) is 10.6. The summed E-state index contributed by atoms with van der Waals surface area (Å²) < 4.78 is 11.1. The topological polar surface area (TPSA) is 44.5 Å². The molecule has 0 bridgehead atoms. The van der Waals surface area contributed by atoms with Crippen LogP contribution in [0.25, 0.3) is 0 Å². The second-order valence-electron chi connectivity index (χ2n) is 4.44. The average molecular weight is 235 g/mol. The lowest BCUT2D eigenvalue weighted by molar-refractivity contribution is 0.287. The Morgan fingerprint density at radius 2 is 1.82 bits per heavy atom. The van der Waals surface area contributed by atoms with E-state index in [-0.39, 0.29) is 6.04 Å². The summed E-state index contributed by atoms with van der Waals surface area (Å²) in [6.07, 6.45) is 2.50. The molecular formula is C14H21NO2. The Kier molecular flexibility index (Phi) is 3.89. The number of ether oxygens (including phenoxy) is 2. The third kappa shape index (κ3) is 2.91. The first-order chi connectivity index (χ1) is 8.26. The molecule has 3 nitrogen and oxygen atoms in total. The van der Waals surface area contributed by atoms with Gasteiger partial charge >= 0.3 is 0 Å². The number of benzene rings is 1. The lowest BCUT2D eigenvalue weighted by Crippen LogP contribution is -2.12. The quantitative estimate of drug-likeness (QED) is 0.824. The van der Waals surface area contributed by atoms with Crippen LogP contribution in [0.5, 0.6) is 11.5 Å². The molecule has 1 aromatic rings. The van der Waals surface area contributed by atoms with Crippen molar-refractivity contribution in [1.29, 1.82) is 0 Å². The smallest absolute Gasteiger partial charge is 0.161 e. The summed E-state index contributed by atoms with van der Waals surface area (Å²) in [7, 11) is 0. The van der Waals surface area contributed by atoms with Crippen LogP contribution in [-0.4, -0.2) is 13.2 Å². The van der Waals surface area contributed by atoms with E-state index in [1.54, 1.807) is 0 Å². The predicted octanol–water partition coefficient (Wildman–Crippen LogP) is 2.89. The van der Waals surface area contributed by atoms with E-state index in [9.17, 15) is 0 Å². The van der Waals surface area contributed by atoms with Gasteiger partial charge in [-0.15, -0.1) is 0 Å². The summed E-state index contributed by atoms with van der Waals surface area (Å²) >= 11 is 0. The molecule has 0 aromatic heterocycles. The van der Waals surface area contributed by atoms with Crippen LogP contribution in [0.3, 0.4) is 0 Å². The molecule has 0 aliphatic heterocycles. The molecule has 1 aliphatic rings. The van der Waals surface area contributed by atoms with Crippen LogP contribution in [0.4, 0.5) is 0 Å². The molecule has 0 saturated heterocycles. The highest BCUT2D eigenvalue weighted by molar-refractivity contribution is 5.44.